The summed E-state index contributed by atoms with van der Waals surface area (Å²) < 4.78 is 24.2. The van der Waals surface area contributed by atoms with Gasteiger partial charge in [0.15, 0.2) is 5.79 Å². The molecule has 0 unspecified atom stereocenters. The van der Waals surface area contributed by atoms with Gasteiger partial charge < -0.3 is 18.9 Å². The molecular weight excluding hydrogens is 458 g/mol. The van der Waals surface area contributed by atoms with E-state index in [0.29, 0.717) is 16.7 Å². The Morgan fingerprint density at radius 2 is 1.56 bits per heavy atom. The zero-order valence-corrected chi connectivity index (χ0v) is 19.8. The molecule has 5 atom stereocenters. The van der Waals surface area contributed by atoms with Crippen LogP contribution in [0.25, 0.3) is 0 Å². The maximum absolute atomic E-state index is 13.2. The molecule has 2 aromatic carbocycles. The fourth-order valence-corrected chi connectivity index (χ4v) is 5.55. The van der Waals surface area contributed by atoms with E-state index >= 15 is 0 Å². The smallest absolute Gasteiger partial charge is 0.338 e. The van der Waals surface area contributed by atoms with Crippen molar-refractivity contribution in [2.75, 3.05) is 12.9 Å². The number of thioether (sulfide) groups is 1. The van der Waals surface area contributed by atoms with E-state index in [9.17, 15) is 14.4 Å². The van der Waals surface area contributed by atoms with Crippen LogP contribution < -0.4 is 0 Å². The van der Waals surface area contributed by atoms with Crippen molar-refractivity contribution in [3.8, 4) is 0 Å². The van der Waals surface area contributed by atoms with Crippen LogP contribution in [-0.2, 0) is 18.9 Å². The Morgan fingerprint density at radius 3 is 2.18 bits per heavy atom. The first-order chi connectivity index (χ1) is 16.3. The van der Waals surface area contributed by atoms with Crippen molar-refractivity contribution in [3.63, 3.8) is 0 Å². The van der Waals surface area contributed by atoms with Gasteiger partial charge in [0.25, 0.3) is 11.8 Å². The van der Waals surface area contributed by atoms with Crippen LogP contribution in [0.1, 0.15) is 44.9 Å². The molecule has 2 fully saturated rings. The Kier molecular flexibility index (Phi) is 5.97. The molecule has 0 saturated carbocycles. The number of fused-ring (bicyclic) bond motifs is 2. The number of hydrogen-bond acceptors (Lipinski definition) is 8. The average molecular weight is 484 g/mol. The summed E-state index contributed by atoms with van der Waals surface area (Å²) in [7, 11) is 0. The summed E-state index contributed by atoms with van der Waals surface area (Å²) in [5, 5.41) is 0. The zero-order valence-electron chi connectivity index (χ0n) is 19.0. The molecule has 3 heterocycles. The van der Waals surface area contributed by atoms with Gasteiger partial charge in [-0.3, -0.25) is 14.5 Å². The Bertz CT molecular complexity index is 1090. The Hall–Kier alpha value is -2.72. The molecule has 178 valence electrons. The zero-order chi connectivity index (χ0) is 24.0. The molecule has 0 spiro atoms. The third-order valence-electron chi connectivity index (χ3n) is 6.20. The number of benzene rings is 2. The second-order valence-corrected chi connectivity index (χ2v) is 9.76. The molecule has 0 N–H and O–H groups in total. The number of nitrogens with zero attached hydrogens (tertiary/aromatic N) is 1. The Labute approximate surface area is 201 Å². The van der Waals surface area contributed by atoms with Crippen LogP contribution in [0.4, 0.5) is 0 Å². The molecule has 3 aliphatic rings. The monoisotopic (exact) mass is 483 g/mol. The SMILES string of the molecule is CS[C@@H]1O[C@H](COC(=O)c2ccccc2)[C@@H]2OC(C)(C)O[C@@H]2[C@H]1N1C(=O)c2ccccc2C1=O. The summed E-state index contributed by atoms with van der Waals surface area (Å²) in [5.74, 6) is -2.20. The van der Waals surface area contributed by atoms with E-state index in [1.54, 1.807) is 62.4 Å². The lowest BCUT2D eigenvalue weighted by Crippen LogP contribution is -2.63. The molecule has 2 amide bonds. The number of rotatable bonds is 5. The Morgan fingerprint density at radius 1 is 0.971 bits per heavy atom. The van der Waals surface area contributed by atoms with Crippen LogP contribution >= 0.6 is 11.8 Å². The van der Waals surface area contributed by atoms with E-state index in [0.717, 1.165) is 0 Å². The number of hydrogen-bond donors (Lipinski definition) is 0. The molecule has 2 aromatic rings. The van der Waals surface area contributed by atoms with Gasteiger partial charge in [-0.05, 0) is 44.4 Å². The van der Waals surface area contributed by atoms with Gasteiger partial charge in [0.05, 0.1) is 16.7 Å². The molecular formula is C25H25NO7S. The number of esters is 1. The van der Waals surface area contributed by atoms with Crippen molar-refractivity contribution in [3.05, 3.63) is 71.3 Å². The summed E-state index contributed by atoms with van der Waals surface area (Å²) in [4.78, 5) is 40.2. The first kappa shape index (κ1) is 23.0. The topological polar surface area (TPSA) is 91.4 Å². The summed E-state index contributed by atoms with van der Waals surface area (Å²) >= 11 is 1.36. The standard InChI is InChI=1S/C25H25NO7S/c1-25(2)32-19-17(13-30-23(29)14-9-5-4-6-10-14)31-24(34-3)18(20(19)33-25)26-21(27)15-11-7-8-12-16(15)22(26)28/h4-12,17-20,24H,13H2,1-3H3/t17-,18-,19+,20-,24+/m1/s1. The van der Waals surface area contributed by atoms with Crippen molar-refractivity contribution in [1.29, 1.82) is 0 Å². The van der Waals surface area contributed by atoms with Crippen LogP contribution in [-0.4, -0.2) is 71.1 Å². The quantitative estimate of drug-likeness (QED) is 0.473. The molecule has 3 aliphatic heterocycles. The molecule has 5 rings (SSSR count). The van der Waals surface area contributed by atoms with Gasteiger partial charge >= 0.3 is 5.97 Å². The molecule has 34 heavy (non-hydrogen) atoms. The summed E-state index contributed by atoms with van der Waals surface area (Å²) in [5.41, 5.74) is 0.562. The van der Waals surface area contributed by atoms with Gasteiger partial charge in [-0.25, -0.2) is 4.79 Å². The van der Waals surface area contributed by atoms with E-state index in [1.807, 2.05) is 12.3 Å². The average Bonchev–Trinajstić information content (AvgIpc) is 3.30. The summed E-state index contributed by atoms with van der Waals surface area (Å²) in [6.07, 6.45) is -0.0899. The first-order valence-electron chi connectivity index (χ1n) is 11.0. The highest BCUT2D eigenvalue weighted by Gasteiger charge is 2.59. The minimum atomic E-state index is -0.968. The van der Waals surface area contributed by atoms with Crippen molar-refractivity contribution in [2.45, 2.75) is 49.4 Å². The molecule has 0 aliphatic carbocycles. The minimum Gasteiger partial charge on any atom is -0.459 e. The van der Waals surface area contributed by atoms with Gasteiger partial charge in [0.2, 0.25) is 0 Å². The fraction of sp³-hybridized carbons (Fsp3) is 0.400. The summed E-state index contributed by atoms with van der Waals surface area (Å²) in [6, 6.07) is 14.7. The van der Waals surface area contributed by atoms with Crippen LogP contribution in [0.5, 0.6) is 0 Å². The highest BCUT2D eigenvalue weighted by molar-refractivity contribution is 7.99. The molecule has 2 saturated heterocycles. The predicted octanol–water partition coefficient (Wildman–Crippen LogP) is 3.12. The second-order valence-electron chi connectivity index (χ2n) is 8.82. The minimum absolute atomic E-state index is 0.0553. The van der Waals surface area contributed by atoms with Gasteiger partial charge in [-0.15, -0.1) is 11.8 Å². The van der Waals surface area contributed by atoms with E-state index in [2.05, 4.69) is 0 Å². The van der Waals surface area contributed by atoms with Crippen LogP contribution in [0, 0.1) is 0 Å². The third-order valence-corrected chi connectivity index (χ3v) is 7.05. The number of carbonyl (C=O) groups is 3. The van der Waals surface area contributed by atoms with Crippen LogP contribution in [0.2, 0.25) is 0 Å². The van der Waals surface area contributed by atoms with E-state index in [-0.39, 0.29) is 18.4 Å². The van der Waals surface area contributed by atoms with Gasteiger partial charge in [-0.1, -0.05) is 30.3 Å². The van der Waals surface area contributed by atoms with Gasteiger partial charge in [0.1, 0.15) is 36.4 Å². The highest BCUT2D eigenvalue weighted by Crippen LogP contribution is 2.43. The van der Waals surface area contributed by atoms with Crippen molar-refractivity contribution in [2.24, 2.45) is 0 Å². The van der Waals surface area contributed by atoms with Crippen LogP contribution in [0.3, 0.4) is 0 Å². The molecule has 8 nitrogen and oxygen atoms in total. The van der Waals surface area contributed by atoms with E-state index in [4.69, 9.17) is 18.9 Å². The van der Waals surface area contributed by atoms with Crippen molar-refractivity contribution >= 4 is 29.5 Å². The second kappa shape index (κ2) is 8.81. The highest BCUT2D eigenvalue weighted by atomic mass is 32.2. The lowest BCUT2D eigenvalue weighted by atomic mass is 9.97. The lowest BCUT2D eigenvalue weighted by molar-refractivity contribution is -0.160. The predicted molar refractivity (Wildman–Crippen MR) is 123 cm³/mol. The van der Waals surface area contributed by atoms with Gasteiger partial charge in [0, 0.05) is 0 Å². The number of imide groups is 1. The van der Waals surface area contributed by atoms with Crippen molar-refractivity contribution < 1.29 is 33.3 Å². The first-order valence-corrected chi connectivity index (χ1v) is 12.3. The third kappa shape index (κ3) is 3.92. The van der Waals surface area contributed by atoms with E-state index < -0.39 is 41.5 Å². The lowest BCUT2D eigenvalue weighted by Gasteiger charge is -2.44. The molecule has 0 aromatic heterocycles. The number of ether oxygens (including phenoxy) is 4. The van der Waals surface area contributed by atoms with Crippen LogP contribution in [0.15, 0.2) is 54.6 Å². The molecule has 0 radical (unpaired) electrons. The Balaban J connectivity index is 1.41. The van der Waals surface area contributed by atoms with Crippen molar-refractivity contribution in [1.82, 2.24) is 4.90 Å². The molecule has 0 bridgehead atoms. The van der Waals surface area contributed by atoms with Gasteiger partial charge in [-0.2, -0.15) is 0 Å². The van der Waals surface area contributed by atoms with E-state index in [1.165, 1.54) is 16.7 Å². The number of amides is 2. The maximum Gasteiger partial charge on any atom is 0.338 e. The molecule has 9 heteroatoms. The maximum atomic E-state index is 13.2. The normalized spacial score (nSPS) is 29.6. The summed E-state index contributed by atoms with van der Waals surface area (Å²) in [6.45, 7) is 3.48. The fourth-order valence-electron chi connectivity index (χ4n) is 4.75. The largest absolute Gasteiger partial charge is 0.459 e. The number of carbonyl (C=O) groups excluding carboxylic acids is 3.